The number of hydrogen-bond acceptors (Lipinski definition) is 5. The van der Waals surface area contributed by atoms with Gasteiger partial charge in [0.25, 0.3) is 0 Å². The minimum Gasteiger partial charge on any atom is -0.327 e. The molecule has 0 amide bonds. The monoisotopic (exact) mass is 462 g/mol. The van der Waals surface area contributed by atoms with Gasteiger partial charge in [-0.25, -0.2) is 9.97 Å². The minimum absolute atomic E-state index is 0. The van der Waals surface area contributed by atoms with Gasteiger partial charge >= 0.3 is 6.18 Å². The fourth-order valence-electron chi connectivity index (χ4n) is 3.82. The van der Waals surface area contributed by atoms with Gasteiger partial charge in [0.2, 0.25) is 0 Å². The van der Waals surface area contributed by atoms with Gasteiger partial charge in [-0.1, -0.05) is 17.7 Å². The molecule has 30 heavy (non-hydrogen) atoms. The van der Waals surface area contributed by atoms with Crippen LogP contribution in [0.3, 0.4) is 0 Å². The number of halogens is 5. The van der Waals surface area contributed by atoms with E-state index in [9.17, 15) is 13.2 Å². The summed E-state index contributed by atoms with van der Waals surface area (Å²) in [5, 5.41) is 0.617. The molecule has 1 aromatic carbocycles. The Morgan fingerprint density at radius 2 is 1.83 bits per heavy atom. The summed E-state index contributed by atoms with van der Waals surface area (Å²) in [6, 6.07) is 5.50. The summed E-state index contributed by atoms with van der Waals surface area (Å²) in [5.41, 5.74) is 7.70. The van der Waals surface area contributed by atoms with Crippen molar-refractivity contribution >= 4 is 45.9 Å². The number of nitrogens with zero attached hydrogens (tertiary/aromatic N) is 5. The molecule has 4 rings (SSSR count). The van der Waals surface area contributed by atoms with Crippen molar-refractivity contribution in [2.75, 3.05) is 33.2 Å². The maximum absolute atomic E-state index is 13.2. The Morgan fingerprint density at radius 3 is 2.47 bits per heavy atom. The molecule has 1 saturated heterocycles. The second kappa shape index (κ2) is 8.84. The first-order valence-electron chi connectivity index (χ1n) is 9.40. The van der Waals surface area contributed by atoms with Gasteiger partial charge in [0, 0.05) is 38.1 Å². The van der Waals surface area contributed by atoms with Gasteiger partial charge in [-0.15, -0.1) is 12.4 Å². The second-order valence-corrected chi connectivity index (χ2v) is 7.82. The Balaban J connectivity index is 0.00000256. The number of alkyl halides is 3. The van der Waals surface area contributed by atoms with Crippen LogP contribution in [-0.2, 0) is 19.6 Å². The fraction of sp³-hybridized carbons (Fsp3) is 0.474. The molecule has 1 aliphatic rings. The first-order chi connectivity index (χ1) is 13.7. The number of hydrogen-bond donors (Lipinski definition) is 1. The summed E-state index contributed by atoms with van der Waals surface area (Å²) in [6.07, 6.45) is -4.40. The highest BCUT2D eigenvalue weighted by atomic mass is 35.5. The Hall–Kier alpha value is -1.65. The lowest BCUT2D eigenvalue weighted by molar-refractivity contribution is -0.139. The first-order valence-corrected chi connectivity index (χ1v) is 9.78. The van der Waals surface area contributed by atoms with Crippen LogP contribution < -0.4 is 5.73 Å². The van der Waals surface area contributed by atoms with Crippen molar-refractivity contribution in [2.45, 2.75) is 25.8 Å². The lowest BCUT2D eigenvalue weighted by atomic mass is 10.1. The summed E-state index contributed by atoms with van der Waals surface area (Å²) in [7, 11) is 2.09. The number of piperazine rings is 1. The van der Waals surface area contributed by atoms with E-state index < -0.39 is 12.7 Å². The zero-order valence-electron chi connectivity index (χ0n) is 16.4. The van der Waals surface area contributed by atoms with Crippen LogP contribution in [0.4, 0.5) is 13.2 Å². The van der Waals surface area contributed by atoms with E-state index in [4.69, 9.17) is 17.3 Å². The molecule has 0 bridgehead atoms. The van der Waals surface area contributed by atoms with E-state index in [0.29, 0.717) is 22.2 Å². The first kappa shape index (κ1) is 23.0. The smallest absolute Gasteiger partial charge is 0.327 e. The van der Waals surface area contributed by atoms with Gasteiger partial charge in [0.05, 0.1) is 12.1 Å². The van der Waals surface area contributed by atoms with Crippen molar-refractivity contribution in [3.63, 3.8) is 0 Å². The van der Waals surface area contributed by atoms with Crippen molar-refractivity contribution in [1.29, 1.82) is 0 Å². The average molecular weight is 463 g/mol. The van der Waals surface area contributed by atoms with Crippen molar-refractivity contribution in [3.8, 4) is 0 Å². The Kier molecular flexibility index (Phi) is 6.78. The van der Waals surface area contributed by atoms with E-state index in [2.05, 4.69) is 26.8 Å². The highest BCUT2D eigenvalue weighted by Gasteiger charge is 2.31. The number of rotatable bonds is 4. The highest BCUT2D eigenvalue weighted by Crippen LogP contribution is 2.34. The molecule has 0 unspecified atom stereocenters. The molecule has 0 aliphatic carbocycles. The number of fused-ring (bicyclic) bond motifs is 3. The highest BCUT2D eigenvalue weighted by molar-refractivity contribution is 6.34. The number of benzene rings is 1. The fourth-order valence-corrected chi connectivity index (χ4v) is 4.11. The average Bonchev–Trinajstić information content (AvgIpc) is 2.95. The molecule has 164 valence electrons. The lowest BCUT2D eigenvalue weighted by Crippen LogP contribution is -2.43. The molecule has 2 aromatic heterocycles. The van der Waals surface area contributed by atoms with E-state index in [1.807, 2.05) is 12.1 Å². The Morgan fingerprint density at radius 1 is 1.13 bits per heavy atom. The van der Waals surface area contributed by atoms with Crippen LogP contribution in [0.15, 0.2) is 18.2 Å². The maximum atomic E-state index is 13.2. The molecule has 3 aromatic rings. The SMILES string of the molecule is CN1CCN(Cc2ccc3c(c2)c2nc(CN)nc(Cl)c2n3CC(F)(F)F)CC1.Cl. The Labute approximate surface area is 183 Å². The molecule has 1 fully saturated rings. The standard InChI is InChI=1S/C19H22ClF3N6.ClH/c1-27-4-6-28(7-5-27)10-12-2-3-14-13(8-12)16-17(29(14)11-19(21,22)23)18(20)26-15(9-24)25-16;/h2-3,8H,4-7,9-11,24H2,1H3;1H. The molecule has 0 atom stereocenters. The van der Waals surface area contributed by atoms with Crippen LogP contribution >= 0.6 is 24.0 Å². The van der Waals surface area contributed by atoms with Crippen LogP contribution in [0.25, 0.3) is 21.9 Å². The molecular weight excluding hydrogens is 440 g/mol. The summed E-state index contributed by atoms with van der Waals surface area (Å²) in [4.78, 5) is 13.1. The van der Waals surface area contributed by atoms with Crippen LogP contribution in [0.1, 0.15) is 11.4 Å². The third-order valence-corrected chi connectivity index (χ3v) is 5.55. The quantitative estimate of drug-likeness (QED) is 0.601. The summed E-state index contributed by atoms with van der Waals surface area (Å²) in [6.45, 7) is 3.54. The molecule has 1 aliphatic heterocycles. The Bertz CT molecular complexity index is 1040. The van der Waals surface area contributed by atoms with Crippen molar-refractivity contribution in [1.82, 2.24) is 24.3 Å². The molecule has 0 spiro atoms. The van der Waals surface area contributed by atoms with E-state index in [1.54, 1.807) is 6.07 Å². The predicted octanol–water partition coefficient (Wildman–Crippen LogP) is 3.43. The maximum Gasteiger partial charge on any atom is 0.406 e. The summed E-state index contributed by atoms with van der Waals surface area (Å²) >= 11 is 6.25. The zero-order valence-corrected chi connectivity index (χ0v) is 18.0. The third kappa shape index (κ3) is 4.65. The van der Waals surface area contributed by atoms with Gasteiger partial charge in [0.15, 0.2) is 5.15 Å². The largest absolute Gasteiger partial charge is 0.406 e. The van der Waals surface area contributed by atoms with Crippen LogP contribution in [0.2, 0.25) is 5.15 Å². The van der Waals surface area contributed by atoms with Crippen LogP contribution in [0, 0.1) is 0 Å². The summed E-state index contributed by atoms with van der Waals surface area (Å²) < 4.78 is 40.9. The number of likely N-dealkylation sites (N-methyl/N-ethyl adjacent to an activating group) is 1. The second-order valence-electron chi connectivity index (χ2n) is 7.46. The molecule has 11 heteroatoms. The minimum atomic E-state index is -4.40. The van der Waals surface area contributed by atoms with E-state index in [-0.39, 0.29) is 29.6 Å². The van der Waals surface area contributed by atoms with Crippen molar-refractivity contribution in [3.05, 3.63) is 34.7 Å². The third-order valence-electron chi connectivity index (χ3n) is 5.29. The van der Waals surface area contributed by atoms with Gasteiger partial charge in [-0.05, 0) is 24.7 Å². The molecule has 3 heterocycles. The van der Waals surface area contributed by atoms with E-state index in [0.717, 1.165) is 42.9 Å². The van der Waals surface area contributed by atoms with Crippen LogP contribution in [-0.4, -0.2) is 63.7 Å². The molecular formula is C19H23Cl2F3N6. The van der Waals surface area contributed by atoms with E-state index >= 15 is 0 Å². The topological polar surface area (TPSA) is 63.2 Å². The number of aromatic nitrogens is 3. The molecule has 0 radical (unpaired) electrons. The van der Waals surface area contributed by atoms with Gasteiger partial charge in [-0.2, -0.15) is 13.2 Å². The van der Waals surface area contributed by atoms with Crippen molar-refractivity contribution in [2.24, 2.45) is 5.73 Å². The van der Waals surface area contributed by atoms with E-state index in [1.165, 1.54) is 0 Å². The molecule has 0 saturated carbocycles. The number of nitrogens with two attached hydrogens (primary N) is 1. The molecule has 2 N–H and O–H groups in total. The van der Waals surface area contributed by atoms with Crippen molar-refractivity contribution < 1.29 is 13.2 Å². The predicted molar refractivity (Wildman–Crippen MR) is 114 cm³/mol. The molecule has 6 nitrogen and oxygen atoms in total. The van der Waals surface area contributed by atoms with Gasteiger partial charge < -0.3 is 15.2 Å². The lowest BCUT2D eigenvalue weighted by Gasteiger charge is -2.32. The van der Waals surface area contributed by atoms with Gasteiger partial charge in [0.1, 0.15) is 23.4 Å². The van der Waals surface area contributed by atoms with Gasteiger partial charge in [-0.3, -0.25) is 4.90 Å². The van der Waals surface area contributed by atoms with Crippen LogP contribution in [0.5, 0.6) is 0 Å². The normalized spacial score (nSPS) is 16.3. The zero-order chi connectivity index (χ0) is 20.8. The summed E-state index contributed by atoms with van der Waals surface area (Å²) in [5.74, 6) is 0.304.